The molecule has 0 aliphatic heterocycles. The highest BCUT2D eigenvalue weighted by Crippen LogP contribution is 2.71. The van der Waals surface area contributed by atoms with Crippen LogP contribution in [0.2, 0.25) is 0 Å². The van der Waals surface area contributed by atoms with Gasteiger partial charge in [-0.3, -0.25) is 0 Å². The zero-order valence-electron chi connectivity index (χ0n) is 17.4. The van der Waals surface area contributed by atoms with Crippen LogP contribution in [0.3, 0.4) is 0 Å². The summed E-state index contributed by atoms with van der Waals surface area (Å²) in [5.41, 5.74) is 2.49. The van der Waals surface area contributed by atoms with Gasteiger partial charge in [0.2, 0.25) is 0 Å². The molecule has 0 N–H and O–H groups in total. The van der Waals surface area contributed by atoms with Gasteiger partial charge in [0.15, 0.2) is 0 Å². The lowest BCUT2D eigenvalue weighted by molar-refractivity contribution is 0.0128. The molecule has 0 nitrogen and oxygen atoms in total. The van der Waals surface area contributed by atoms with Crippen LogP contribution in [-0.2, 0) is 0 Å². The Hall–Kier alpha value is 0.430. The molecule has 0 atom stereocenters. The molecular formula is C26H41P. The highest BCUT2D eigenvalue weighted by Gasteiger charge is 2.56. The molecule has 0 aromatic carbocycles. The molecule has 150 valence electrons. The van der Waals surface area contributed by atoms with E-state index < -0.39 is 0 Å². The molecular weight excluding hydrogens is 343 g/mol. The molecule has 9 rings (SSSR count). The van der Waals surface area contributed by atoms with E-state index in [0.717, 1.165) is 5.92 Å². The van der Waals surface area contributed by atoms with Gasteiger partial charge in [-0.25, -0.2) is 0 Å². The topological polar surface area (TPSA) is 0 Å². The minimum Gasteiger partial charge on any atom is -0.0989 e. The van der Waals surface area contributed by atoms with Gasteiger partial charge < -0.3 is 0 Å². The van der Waals surface area contributed by atoms with Crippen LogP contribution in [0.4, 0.5) is 0 Å². The normalized spacial score (nSPS) is 56.9. The average Bonchev–Trinajstić information content (AvgIpc) is 3.13. The maximum Gasteiger partial charge on any atom is -0.0149 e. The third-order valence-electron chi connectivity index (χ3n) is 11.1. The van der Waals surface area contributed by atoms with Crippen molar-refractivity contribution in [2.75, 3.05) is 6.16 Å². The quantitative estimate of drug-likeness (QED) is 0.446. The molecule has 0 spiro atoms. The Bertz CT molecular complexity index is 477. The minimum atomic E-state index is 0.329. The molecule has 9 fully saturated rings. The summed E-state index contributed by atoms with van der Waals surface area (Å²) in [6.45, 7) is 0. The van der Waals surface area contributed by atoms with Gasteiger partial charge in [0, 0.05) is 0 Å². The first kappa shape index (κ1) is 17.1. The summed E-state index contributed by atoms with van der Waals surface area (Å²) < 4.78 is 0. The highest BCUT2D eigenvalue weighted by atomic mass is 31.1. The number of rotatable bonds is 4. The van der Waals surface area contributed by atoms with E-state index in [1.54, 1.807) is 96.1 Å². The Labute approximate surface area is 168 Å². The van der Waals surface area contributed by atoms with E-state index in [1.165, 1.54) is 58.7 Å². The van der Waals surface area contributed by atoms with Crippen molar-refractivity contribution in [3.05, 3.63) is 0 Å². The molecule has 9 aliphatic carbocycles. The highest BCUT2D eigenvalue weighted by molar-refractivity contribution is 7.59. The Morgan fingerprint density at radius 1 is 0.481 bits per heavy atom. The summed E-state index contributed by atoms with van der Waals surface area (Å²) in [5, 5.41) is 0. The van der Waals surface area contributed by atoms with E-state index in [2.05, 4.69) is 0 Å². The second-order valence-corrected chi connectivity index (χ2v) is 15.3. The predicted octanol–water partition coefficient (Wildman–Crippen LogP) is 7.31. The van der Waals surface area contributed by atoms with Gasteiger partial charge in [-0.2, -0.15) is 0 Å². The molecule has 27 heavy (non-hydrogen) atoms. The van der Waals surface area contributed by atoms with Crippen LogP contribution in [-0.4, -0.2) is 17.5 Å². The zero-order chi connectivity index (χ0) is 17.5. The molecule has 8 bridgehead atoms. The molecule has 0 amide bonds. The fourth-order valence-electron chi connectivity index (χ4n) is 10.8. The predicted molar refractivity (Wildman–Crippen MR) is 115 cm³/mol. The summed E-state index contributed by atoms with van der Waals surface area (Å²) in [5.74, 6) is 10.6. The summed E-state index contributed by atoms with van der Waals surface area (Å²) in [6.07, 6.45) is 24.8. The number of hydrogen-bond donors (Lipinski definition) is 0. The second kappa shape index (κ2) is 6.46. The van der Waals surface area contributed by atoms with Crippen molar-refractivity contribution in [1.29, 1.82) is 0 Å². The number of hydrogen-bond acceptors (Lipinski definition) is 0. The van der Waals surface area contributed by atoms with Crippen molar-refractivity contribution < 1.29 is 0 Å². The standard InChI is InChI=1S/C26H41P/c1-2-4-16(3-1)15-27(25-21-7-17-5-18(9-21)10-22(25)8-17)26-23-11-19-6-20(13-23)14-24(26)12-19/h16-26H,1-15H2. The maximum absolute atomic E-state index is 1.75. The van der Waals surface area contributed by atoms with Gasteiger partial charge in [-0.15, -0.1) is 0 Å². The summed E-state index contributed by atoms with van der Waals surface area (Å²) in [7, 11) is 0.329. The van der Waals surface area contributed by atoms with E-state index in [0.29, 0.717) is 7.92 Å². The Kier molecular flexibility index (Phi) is 4.10. The second-order valence-electron chi connectivity index (χ2n) is 12.7. The maximum atomic E-state index is 1.75. The van der Waals surface area contributed by atoms with Gasteiger partial charge in [-0.05, 0) is 135 Å². The molecule has 9 aliphatic rings. The lowest BCUT2D eigenvalue weighted by Crippen LogP contribution is -2.53. The third kappa shape index (κ3) is 2.77. The monoisotopic (exact) mass is 384 g/mol. The van der Waals surface area contributed by atoms with Crippen molar-refractivity contribution >= 4 is 7.92 Å². The largest absolute Gasteiger partial charge is 0.0989 e. The van der Waals surface area contributed by atoms with Crippen LogP contribution in [0, 0.1) is 53.3 Å². The first-order valence-electron chi connectivity index (χ1n) is 13.1. The van der Waals surface area contributed by atoms with Crippen LogP contribution in [0.1, 0.15) is 89.9 Å². The third-order valence-corrected chi connectivity index (χ3v) is 15.2. The van der Waals surface area contributed by atoms with Crippen molar-refractivity contribution in [1.82, 2.24) is 0 Å². The summed E-state index contributed by atoms with van der Waals surface area (Å²) in [4.78, 5) is 0. The molecule has 0 heterocycles. The van der Waals surface area contributed by atoms with E-state index in [9.17, 15) is 0 Å². The van der Waals surface area contributed by atoms with Crippen LogP contribution >= 0.6 is 7.92 Å². The van der Waals surface area contributed by atoms with Crippen molar-refractivity contribution in [2.24, 2.45) is 53.3 Å². The van der Waals surface area contributed by atoms with Crippen LogP contribution in [0.25, 0.3) is 0 Å². The van der Waals surface area contributed by atoms with Crippen LogP contribution in [0.15, 0.2) is 0 Å². The van der Waals surface area contributed by atoms with E-state index >= 15 is 0 Å². The van der Waals surface area contributed by atoms with Crippen molar-refractivity contribution in [3.63, 3.8) is 0 Å². The van der Waals surface area contributed by atoms with E-state index in [1.807, 2.05) is 0 Å². The van der Waals surface area contributed by atoms with Crippen molar-refractivity contribution in [2.45, 2.75) is 101 Å². The van der Waals surface area contributed by atoms with Gasteiger partial charge in [0.25, 0.3) is 0 Å². The van der Waals surface area contributed by atoms with Gasteiger partial charge >= 0.3 is 0 Å². The molecule has 0 unspecified atom stereocenters. The molecule has 0 aromatic heterocycles. The SMILES string of the molecule is C1CCC(CP(C2C3CC4CC(C3)CC2C4)C2C3CC4CC(C3)CC2C4)C1. The molecule has 9 saturated carbocycles. The minimum absolute atomic E-state index is 0.329. The van der Waals surface area contributed by atoms with E-state index in [-0.39, 0.29) is 0 Å². The molecule has 1 heteroatoms. The summed E-state index contributed by atoms with van der Waals surface area (Å²) in [6, 6.07) is 0. The van der Waals surface area contributed by atoms with Crippen LogP contribution in [0.5, 0.6) is 0 Å². The van der Waals surface area contributed by atoms with Crippen LogP contribution < -0.4 is 0 Å². The first-order valence-corrected chi connectivity index (χ1v) is 14.7. The molecule has 0 aromatic rings. The van der Waals surface area contributed by atoms with Gasteiger partial charge in [-0.1, -0.05) is 33.6 Å². The lowest BCUT2D eigenvalue weighted by atomic mass is 9.55. The Morgan fingerprint density at radius 3 is 1.22 bits per heavy atom. The zero-order valence-corrected chi connectivity index (χ0v) is 18.3. The summed E-state index contributed by atoms with van der Waals surface area (Å²) >= 11 is 0. The van der Waals surface area contributed by atoms with Gasteiger partial charge in [0.1, 0.15) is 0 Å². The van der Waals surface area contributed by atoms with E-state index in [4.69, 9.17) is 0 Å². The average molecular weight is 385 g/mol. The van der Waals surface area contributed by atoms with Crippen molar-refractivity contribution in [3.8, 4) is 0 Å². The smallest absolute Gasteiger partial charge is 0.0149 e. The molecule has 0 saturated heterocycles. The lowest BCUT2D eigenvalue weighted by Gasteiger charge is -2.62. The Balaban J connectivity index is 1.21. The first-order chi connectivity index (χ1) is 13.3. The Morgan fingerprint density at radius 2 is 0.852 bits per heavy atom. The fourth-order valence-corrected chi connectivity index (χ4v) is 15.8. The fraction of sp³-hybridized carbons (Fsp3) is 1.00. The van der Waals surface area contributed by atoms with Gasteiger partial charge in [0.05, 0.1) is 0 Å². The molecule has 0 radical (unpaired) electrons.